The standard InChI is InChI=1S/C18H14ClN2O6P/c1-11(18(22)25-10-28(23)24)26-13-3-5-14(6-4-13)27-17-9-20-16-8-12(19)2-7-15(16)21-17/h2-9,11H,10H2,1H3/p+1. The molecule has 10 heteroatoms. The molecule has 28 heavy (non-hydrogen) atoms. The molecule has 3 rings (SSSR count). The van der Waals surface area contributed by atoms with Gasteiger partial charge in [0.15, 0.2) is 6.10 Å². The van der Waals surface area contributed by atoms with Gasteiger partial charge in [0.2, 0.25) is 5.88 Å². The average molecular weight is 422 g/mol. The highest BCUT2D eigenvalue weighted by molar-refractivity contribution is 7.37. The van der Waals surface area contributed by atoms with Crippen LogP contribution in [0.25, 0.3) is 11.0 Å². The van der Waals surface area contributed by atoms with Crippen LogP contribution in [0.15, 0.2) is 48.7 Å². The average Bonchev–Trinajstić information content (AvgIpc) is 2.67. The molecule has 1 aromatic heterocycles. The molecule has 2 atom stereocenters. The first-order valence-corrected chi connectivity index (χ1v) is 9.85. The normalized spacial score (nSPS) is 12.3. The number of hydrogen-bond acceptors (Lipinski definition) is 7. The Kier molecular flexibility index (Phi) is 6.36. The molecule has 144 valence electrons. The van der Waals surface area contributed by atoms with Crippen LogP contribution in [0.4, 0.5) is 0 Å². The van der Waals surface area contributed by atoms with E-state index in [9.17, 15) is 9.36 Å². The molecule has 2 aromatic carbocycles. The van der Waals surface area contributed by atoms with Crippen LogP contribution >= 0.6 is 19.6 Å². The summed E-state index contributed by atoms with van der Waals surface area (Å²) in [6.07, 6.45) is 0.000680. The molecule has 0 saturated heterocycles. The van der Waals surface area contributed by atoms with E-state index in [4.69, 9.17) is 26.0 Å². The second-order valence-corrected chi connectivity index (χ2v) is 7.02. The first-order valence-electron chi connectivity index (χ1n) is 8.08. The summed E-state index contributed by atoms with van der Waals surface area (Å²) in [5.41, 5.74) is 1.31. The van der Waals surface area contributed by atoms with Crippen molar-refractivity contribution in [3.63, 3.8) is 0 Å². The van der Waals surface area contributed by atoms with E-state index in [-0.39, 0.29) is 0 Å². The Balaban J connectivity index is 1.62. The van der Waals surface area contributed by atoms with Crippen LogP contribution in [0, 0.1) is 0 Å². The van der Waals surface area contributed by atoms with E-state index in [1.165, 1.54) is 13.1 Å². The van der Waals surface area contributed by atoms with Gasteiger partial charge in [-0.3, -0.25) is 0 Å². The Bertz CT molecular complexity index is 1010. The summed E-state index contributed by atoms with van der Waals surface area (Å²) in [6.45, 7) is 1.48. The summed E-state index contributed by atoms with van der Waals surface area (Å²) in [5, 5.41) is 0.578. The number of nitrogens with zero attached hydrogens (tertiary/aromatic N) is 2. The maximum atomic E-state index is 11.7. The van der Waals surface area contributed by atoms with E-state index in [1.807, 2.05) is 0 Å². The molecule has 0 aliphatic heterocycles. The van der Waals surface area contributed by atoms with Crippen molar-refractivity contribution in [2.45, 2.75) is 13.0 Å². The van der Waals surface area contributed by atoms with Gasteiger partial charge in [0.25, 0.3) is 0 Å². The number of rotatable bonds is 7. The van der Waals surface area contributed by atoms with E-state index in [0.717, 1.165) is 0 Å². The Labute approximate surface area is 165 Å². The number of carbonyl (C=O) groups excluding carboxylic acids is 1. The molecular formula is C18H15ClN2O6P+. The van der Waals surface area contributed by atoms with Gasteiger partial charge in [-0.15, -0.1) is 0 Å². The Hall–Kier alpha value is -2.80. The van der Waals surface area contributed by atoms with Crippen LogP contribution in [-0.2, 0) is 14.1 Å². The van der Waals surface area contributed by atoms with Crippen LogP contribution < -0.4 is 9.47 Å². The number of aromatic nitrogens is 2. The maximum Gasteiger partial charge on any atom is 0.547 e. The SMILES string of the molecule is CC(Oc1ccc(Oc2cnc3cc(Cl)ccc3n2)cc1)C(=O)OC[P+](=O)O. The lowest BCUT2D eigenvalue weighted by Crippen LogP contribution is -2.26. The van der Waals surface area contributed by atoms with Crippen molar-refractivity contribution in [2.24, 2.45) is 0 Å². The van der Waals surface area contributed by atoms with Crippen LogP contribution in [0.2, 0.25) is 5.02 Å². The predicted molar refractivity (Wildman–Crippen MR) is 102 cm³/mol. The fraction of sp³-hybridized carbons (Fsp3) is 0.167. The van der Waals surface area contributed by atoms with Crippen molar-refractivity contribution >= 4 is 36.6 Å². The zero-order valence-electron chi connectivity index (χ0n) is 14.6. The number of carbonyl (C=O) groups is 1. The zero-order chi connectivity index (χ0) is 20.1. The smallest absolute Gasteiger partial charge is 0.479 e. The van der Waals surface area contributed by atoms with Gasteiger partial charge in [0.1, 0.15) is 11.5 Å². The van der Waals surface area contributed by atoms with E-state index in [1.54, 1.807) is 42.5 Å². The summed E-state index contributed by atoms with van der Waals surface area (Å²) < 4.78 is 26.3. The number of esters is 1. The molecule has 0 aliphatic rings. The highest BCUT2D eigenvalue weighted by atomic mass is 35.5. The largest absolute Gasteiger partial charge is 0.547 e. The molecule has 0 bridgehead atoms. The maximum absolute atomic E-state index is 11.7. The lowest BCUT2D eigenvalue weighted by atomic mass is 10.3. The summed E-state index contributed by atoms with van der Waals surface area (Å²) in [5.74, 6) is 0.495. The van der Waals surface area contributed by atoms with Crippen molar-refractivity contribution < 1.29 is 28.5 Å². The molecule has 1 heterocycles. The van der Waals surface area contributed by atoms with Gasteiger partial charge < -0.3 is 14.2 Å². The minimum Gasteiger partial charge on any atom is -0.479 e. The fourth-order valence-corrected chi connectivity index (χ4v) is 2.62. The van der Waals surface area contributed by atoms with Gasteiger partial charge in [0, 0.05) is 5.02 Å². The number of hydrogen-bond donors (Lipinski definition) is 1. The van der Waals surface area contributed by atoms with Gasteiger partial charge >= 0.3 is 20.3 Å². The molecule has 0 radical (unpaired) electrons. The Morgan fingerprint density at radius 2 is 1.89 bits per heavy atom. The second-order valence-electron chi connectivity index (χ2n) is 5.62. The first kappa shape index (κ1) is 19.9. The van der Waals surface area contributed by atoms with Crippen LogP contribution in [0.5, 0.6) is 17.4 Å². The predicted octanol–water partition coefficient (Wildman–Crippen LogP) is 4.08. The fourth-order valence-electron chi connectivity index (χ4n) is 2.21. The molecule has 0 amide bonds. The molecule has 3 aromatic rings. The van der Waals surface area contributed by atoms with Gasteiger partial charge in [-0.2, -0.15) is 4.89 Å². The zero-order valence-corrected chi connectivity index (χ0v) is 16.3. The van der Waals surface area contributed by atoms with Crippen molar-refractivity contribution in [3.8, 4) is 17.4 Å². The van der Waals surface area contributed by atoms with Crippen molar-refractivity contribution in [3.05, 3.63) is 53.7 Å². The van der Waals surface area contributed by atoms with Gasteiger partial charge in [-0.25, -0.2) is 14.8 Å². The van der Waals surface area contributed by atoms with Gasteiger partial charge in [-0.1, -0.05) is 11.6 Å². The minimum atomic E-state index is -2.54. The lowest BCUT2D eigenvalue weighted by molar-refractivity contribution is -0.149. The van der Waals surface area contributed by atoms with Crippen LogP contribution in [0.1, 0.15) is 6.92 Å². The number of benzene rings is 2. The molecule has 0 saturated carbocycles. The lowest BCUT2D eigenvalue weighted by Gasteiger charge is -2.12. The first-order chi connectivity index (χ1) is 13.4. The third-order valence-electron chi connectivity index (χ3n) is 3.49. The molecule has 8 nitrogen and oxygen atoms in total. The minimum absolute atomic E-state index is 0.318. The summed E-state index contributed by atoms with van der Waals surface area (Å²) in [7, 11) is -2.54. The monoisotopic (exact) mass is 421 g/mol. The molecular weight excluding hydrogens is 407 g/mol. The van der Waals surface area contributed by atoms with Crippen LogP contribution in [0.3, 0.4) is 0 Å². The van der Waals surface area contributed by atoms with Gasteiger partial charge in [-0.05, 0) is 54.0 Å². The number of ether oxygens (including phenoxy) is 3. The molecule has 1 N–H and O–H groups in total. The van der Waals surface area contributed by atoms with Crippen molar-refractivity contribution in [1.29, 1.82) is 0 Å². The van der Waals surface area contributed by atoms with E-state index in [0.29, 0.717) is 33.4 Å². The molecule has 0 spiro atoms. The Morgan fingerprint density at radius 3 is 2.61 bits per heavy atom. The van der Waals surface area contributed by atoms with E-state index < -0.39 is 26.4 Å². The molecule has 0 aliphatic carbocycles. The van der Waals surface area contributed by atoms with Crippen molar-refractivity contribution in [2.75, 3.05) is 6.35 Å². The quantitative estimate of drug-likeness (QED) is 0.449. The molecule has 0 fully saturated rings. The summed E-state index contributed by atoms with van der Waals surface area (Å²) in [4.78, 5) is 28.9. The van der Waals surface area contributed by atoms with Crippen LogP contribution in [-0.4, -0.2) is 33.3 Å². The number of fused-ring (bicyclic) bond motifs is 1. The van der Waals surface area contributed by atoms with Gasteiger partial charge in [0.05, 0.1) is 17.2 Å². The van der Waals surface area contributed by atoms with Crippen molar-refractivity contribution in [1.82, 2.24) is 9.97 Å². The highest BCUT2D eigenvalue weighted by Crippen LogP contribution is 2.25. The second kappa shape index (κ2) is 8.93. The third kappa shape index (κ3) is 5.36. The highest BCUT2D eigenvalue weighted by Gasteiger charge is 2.21. The number of halogens is 1. The van der Waals surface area contributed by atoms with E-state index in [2.05, 4.69) is 14.7 Å². The Morgan fingerprint density at radius 1 is 1.18 bits per heavy atom. The summed E-state index contributed by atoms with van der Waals surface area (Å²) in [6, 6.07) is 11.7. The third-order valence-corrected chi connectivity index (χ3v) is 4.08. The summed E-state index contributed by atoms with van der Waals surface area (Å²) >= 11 is 5.93. The topological polar surface area (TPSA) is 108 Å². The molecule has 2 unspecified atom stereocenters. The van der Waals surface area contributed by atoms with E-state index >= 15 is 0 Å².